The quantitative estimate of drug-likeness (QED) is 0.716. The van der Waals surface area contributed by atoms with Gasteiger partial charge >= 0.3 is 0 Å². The van der Waals surface area contributed by atoms with Crippen LogP contribution in [0.5, 0.6) is 0 Å². The summed E-state index contributed by atoms with van der Waals surface area (Å²) in [6, 6.07) is 14.3. The van der Waals surface area contributed by atoms with Crippen LogP contribution in [-0.4, -0.2) is 19.5 Å². The minimum Gasteiger partial charge on any atom is -0.360 e. The summed E-state index contributed by atoms with van der Waals surface area (Å²) < 4.78 is 32.6. The van der Waals surface area contributed by atoms with E-state index in [-0.39, 0.29) is 16.3 Å². The summed E-state index contributed by atoms with van der Waals surface area (Å²) >= 11 is 0. The molecule has 0 spiro atoms. The van der Waals surface area contributed by atoms with Crippen molar-refractivity contribution in [1.29, 1.82) is 0 Å². The van der Waals surface area contributed by atoms with Crippen LogP contribution in [0, 0.1) is 13.8 Å². The lowest BCUT2D eigenvalue weighted by Gasteiger charge is -2.10. The van der Waals surface area contributed by atoms with Crippen molar-refractivity contribution in [3.63, 3.8) is 0 Å². The molecule has 1 aromatic heterocycles. The Morgan fingerprint density at radius 3 is 2.50 bits per heavy atom. The Morgan fingerprint density at radius 2 is 1.81 bits per heavy atom. The molecule has 7 nitrogen and oxygen atoms in total. The molecule has 134 valence electrons. The van der Waals surface area contributed by atoms with Gasteiger partial charge in [-0.3, -0.25) is 9.52 Å². The van der Waals surface area contributed by atoms with Gasteiger partial charge in [-0.2, -0.15) is 0 Å². The number of nitrogens with one attached hydrogen (secondary N) is 2. The van der Waals surface area contributed by atoms with Gasteiger partial charge in [0.2, 0.25) is 0 Å². The average Bonchev–Trinajstić information content (AvgIpc) is 2.99. The first-order valence-electron chi connectivity index (χ1n) is 7.78. The van der Waals surface area contributed by atoms with Gasteiger partial charge in [-0.1, -0.05) is 23.4 Å². The van der Waals surface area contributed by atoms with Crippen LogP contribution in [0.1, 0.15) is 21.7 Å². The molecule has 0 aliphatic rings. The predicted molar refractivity (Wildman–Crippen MR) is 97.6 cm³/mol. The van der Waals surface area contributed by atoms with Crippen LogP contribution in [-0.2, 0) is 10.0 Å². The predicted octanol–water partition coefficient (Wildman–Crippen LogP) is 3.34. The van der Waals surface area contributed by atoms with Crippen LogP contribution in [0.15, 0.2) is 64.0 Å². The molecule has 3 aromatic rings. The smallest absolute Gasteiger partial charge is 0.261 e. The molecule has 2 aromatic carbocycles. The Labute approximate surface area is 151 Å². The monoisotopic (exact) mass is 371 g/mol. The average molecular weight is 371 g/mol. The van der Waals surface area contributed by atoms with Crippen molar-refractivity contribution in [1.82, 2.24) is 5.16 Å². The molecular formula is C18H17N3O4S. The molecule has 8 heteroatoms. The third-order valence-corrected chi connectivity index (χ3v) is 4.93. The number of nitrogens with zero attached hydrogens (tertiary/aromatic N) is 1. The second kappa shape index (κ2) is 7.01. The van der Waals surface area contributed by atoms with Crippen LogP contribution in [0.3, 0.4) is 0 Å². The zero-order valence-corrected chi connectivity index (χ0v) is 15.0. The van der Waals surface area contributed by atoms with Crippen LogP contribution in [0.25, 0.3) is 0 Å². The van der Waals surface area contributed by atoms with E-state index in [1.165, 1.54) is 24.3 Å². The van der Waals surface area contributed by atoms with Crippen molar-refractivity contribution in [2.24, 2.45) is 0 Å². The largest absolute Gasteiger partial charge is 0.360 e. The Morgan fingerprint density at radius 1 is 1.04 bits per heavy atom. The van der Waals surface area contributed by atoms with Crippen LogP contribution < -0.4 is 10.0 Å². The highest BCUT2D eigenvalue weighted by atomic mass is 32.2. The number of aromatic nitrogens is 1. The second-order valence-corrected chi connectivity index (χ2v) is 7.46. The summed E-state index contributed by atoms with van der Waals surface area (Å²) in [5.74, 6) is 0.337. The SMILES string of the molecule is Cc1cccc(NS(=O)(=O)c2cccc(C(=O)Nc3cc(C)on3)c2)c1. The zero-order chi connectivity index (χ0) is 18.7. The number of carbonyl (C=O) groups is 1. The summed E-state index contributed by atoms with van der Waals surface area (Å²) in [6.45, 7) is 3.57. The summed E-state index contributed by atoms with van der Waals surface area (Å²) in [4.78, 5) is 12.3. The van der Waals surface area contributed by atoms with Crippen molar-refractivity contribution >= 4 is 27.4 Å². The van der Waals surface area contributed by atoms with Gasteiger partial charge in [0.1, 0.15) is 5.76 Å². The van der Waals surface area contributed by atoms with Crippen molar-refractivity contribution in [3.8, 4) is 0 Å². The van der Waals surface area contributed by atoms with Gasteiger partial charge in [0, 0.05) is 17.3 Å². The number of rotatable bonds is 5. The van der Waals surface area contributed by atoms with E-state index in [2.05, 4.69) is 15.2 Å². The highest BCUT2D eigenvalue weighted by molar-refractivity contribution is 7.92. The first-order chi connectivity index (χ1) is 12.3. The minimum absolute atomic E-state index is 0.0111. The number of carbonyl (C=O) groups excluding carboxylic acids is 1. The van der Waals surface area contributed by atoms with E-state index in [1.807, 2.05) is 13.0 Å². The van der Waals surface area contributed by atoms with Gasteiger partial charge in [0.25, 0.3) is 15.9 Å². The van der Waals surface area contributed by atoms with Crippen LogP contribution in [0.2, 0.25) is 0 Å². The molecule has 0 radical (unpaired) electrons. The van der Waals surface area contributed by atoms with Gasteiger partial charge < -0.3 is 9.84 Å². The molecule has 0 saturated heterocycles. The van der Waals surface area contributed by atoms with E-state index in [0.717, 1.165) is 5.56 Å². The standard InChI is InChI=1S/C18H17N3O4S/c1-12-5-3-7-15(9-12)21-26(23,24)16-8-4-6-14(11-16)18(22)19-17-10-13(2)25-20-17/h3-11,21H,1-2H3,(H,19,20,22). The highest BCUT2D eigenvalue weighted by Crippen LogP contribution is 2.19. The van der Waals surface area contributed by atoms with E-state index in [9.17, 15) is 13.2 Å². The molecule has 0 saturated carbocycles. The number of hydrogen-bond donors (Lipinski definition) is 2. The van der Waals surface area contributed by atoms with Crippen molar-refractivity contribution < 1.29 is 17.7 Å². The fraction of sp³-hybridized carbons (Fsp3) is 0.111. The van der Waals surface area contributed by atoms with Gasteiger partial charge in [0.15, 0.2) is 5.82 Å². The molecule has 0 aliphatic carbocycles. The lowest BCUT2D eigenvalue weighted by atomic mass is 10.2. The Balaban J connectivity index is 1.82. The van der Waals surface area contributed by atoms with E-state index in [0.29, 0.717) is 11.4 Å². The number of amides is 1. The molecule has 1 amide bonds. The van der Waals surface area contributed by atoms with Crippen molar-refractivity contribution in [3.05, 3.63) is 71.5 Å². The summed E-state index contributed by atoms with van der Waals surface area (Å²) in [5, 5.41) is 6.23. The molecule has 3 rings (SSSR count). The number of benzene rings is 2. The van der Waals surface area contributed by atoms with Crippen molar-refractivity contribution in [2.45, 2.75) is 18.7 Å². The zero-order valence-electron chi connectivity index (χ0n) is 14.2. The lowest BCUT2D eigenvalue weighted by molar-refractivity contribution is 0.102. The normalized spacial score (nSPS) is 11.2. The molecule has 0 fully saturated rings. The minimum atomic E-state index is -3.82. The van der Waals surface area contributed by atoms with Gasteiger partial charge in [-0.15, -0.1) is 0 Å². The van der Waals surface area contributed by atoms with Crippen LogP contribution in [0.4, 0.5) is 11.5 Å². The third-order valence-electron chi connectivity index (χ3n) is 3.55. The van der Waals surface area contributed by atoms with E-state index < -0.39 is 15.9 Å². The first kappa shape index (κ1) is 17.7. The van der Waals surface area contributed by atoms with Crippen molar-refractivity contribution in [2.75, 3.05) is 10.0 Å². The Hall–Kier alpha value is -3.13. The van der Waals surface area contributed by atoms with E-state index in [4.69, 9.17) is 4.52 Å². The first-order valence-corrected chi connectivity index (χ1v) is 9.26. The summed E-state index contributed by atoms with van der Waals surface area (Å²) in [6.07, 6.45) is 0. The molecule has 0 bridgehead atoms. The molecule has 0 aliphatic heterocycles. The fourth-order valence-corrected chi connectivity index (χ4v) is 3.44. The lowest BCUT2D eigenvalue weighted by Crippen LogP contribution is -2.16. The Bertz CT molecular complexity index is 1060. The number of sulfonamides is 1. The molecule has 2 N–H and O–H groups in total. The number of anilines is 2. The van der Waals surface area contributed by atoms with Gasteiger partial charge in [-0.25, -0.2) is 8.42 Å². The molecule has 0 atom stereocenters. The highest BCUT2D eigenvalue weighted by Gasteiger charge is 2.17. The van der Waals surface area contributed by atoms with Crippen LogP contribution >= 0.6 is 0 Å². The maximum Gasteiger partial charge on any atom is 0.261 e. The molecular weight excluding hydrogens is 354 g/mol. The van der Waals surface area contributed by atoms with E-state index >= 15 is 0 Å². The fourth-order valence-electron chi connectivity index (χ4n) is 2.34. The van der Waals surface area contributed by atoms with Gasteiger partial charge in [0.05, 0.1) is 4.90 Å². The second-order valence-electron chi connectivity index (χ2n) is 5.78. The molecule has 26 heavy (non-hydrogen) atoms. The van der Waals surface area contributed by atoms with E-state index in [1.54, 1.807) is 31.2 Å². The topological polar surface area (TPSA) is 101 Å². The summed E-state index contributed by atoms with van der Waals surface area (Å²) in [7, 11) is -3.82. The Kier molecular flexibility index (Phi) is 4.77. The maximum absolute atomic E-state index is 12.6. The third kappa shape index (κ3) is 4.09. The summed E-state index contributed by atoms with van der Waals surface area (Å²) in [5.41, 5.74) is 1.58. The number of aryl methyl sites for hydroxylation is 2. The number of hydrogen-bond acceptors (Lipinski definition) is 5. The molecule has 0 unspecified atom stereocenters. The molecule has 1 heterocycles. The van der Waals surface area contributed by atoms with Gasteiger partial charge in [-0.05, 0) is 49.7 Å². The maximum atomic E-state index is 12.6.